The van der Waals surface area contributed by atoms with E-state index in [9.17, 15) is 4.79 Å². The second-order valence-corrected chi connectivity index (χ2v) is 7.30. The normalized spacial score (nSPS) is 13.6. The molecule has 0 fully saturated rings. The van der Waals surface area contributed by atoms with Gasteiger partial charge in [-0.3, -0.25) is 4.79 Å². The van der Waals surface area contributed by atoms with E-state index in [4.69, 9.17) is 4.98 Å². The van der Waals surface area contributed by atoms with Crippen LogP contribution in [0.4, 0.5) is 0 Å². The number of carbonyl (C=O) groups excluding carboxylic acids is 1. The molecule has 0 spiro atoms. The van der Waals surface area contributed by atoms with Gasteiger partial charge in [-0.05, 0) is 67.5 Å². The van der Waals surface area contributed by atoms with Gasteiger partial charge in [0, 0.05) is 12.0 Å². The van der Waals surface area contributed by atoms with Crippen molar-refractivity contribution in [3.8, 4) is 22.4 Å². The van der Waals surface area contributed by atoms with E-state index in [0.717, 1.165) is 29.7 Å². The lowest BCUT2D eigenvalue weighted by molar-refractivity contribution is 0.0967. The van der Waals surface area contributed by atoms with Gasteiger partial charge in [0.2, 0.25) is 0 Å². The molecule has 4 rings (SSSR count). The van der Waals surface area contributed by atoms with Crippen LogP contribution in [0.3, 0.4) is 0 Å². The quantitative estimate of drug-likeness (QED) is 0.584. The smallest absolute Gasteiger partial charge is 0.181 e. The minimum atomic E-state index is 0.174. The fourth-order valence-corrected chi connectivity index (χ4v) is 4.17. The highest BCUT2D eigenvalue weighted by Crippen LogP contribution is 2.36. The summed E-state index contributed by atoms with van der Waals surface area (Å²) < 4.78 is 0. The molecule has 0 N–H and O–H groups in total. The van der Waals surface area contributed by atoms with Crippen molar-refractivity contribution in [1.29, 1.82) is 0 Å². The number of aryl methyl sites for hydroxylation is 4. The van der Waals surface area contributed by atoms with E-state index < -0.39 is 0 Å². The Morgan fingerprint density at radius 2 is 1.54 bits per heavy atom. The van der Waals surface area contributed by atoms with Crippen LogP contribution in [-0.2, 0) is 6.42 Å². The monoisotopic (exact) mass is 341 g/mol. The lowest BCUT2D eigenvalue weighted by Crippen LogP contribution is -2.13. The van der Waals surface area contributed by atoms with Crippen molar-refractivity contribution >= 4 is 5.78 Å². The van der Waals surface area contributed by atoms with Crippen molar-refractivity contribution in [2.45, 2.75) is 40.0 Å². The third-order valence-corrected chi connectivity index (χ3v) is 5.24. The third-order valence-electron chi connectivity index (χ3n) is 5.24. The van der Waals surface area contributed by atoms with Crippen LogP contribution < -0.4 is 0 Å². The molecule has 1 aromatic heterocycles. The van der Waals surface area contributed by atoms with Gasteiger partial charge in [-0.2, -0.15) is 0 Å². The molecule has 2 aromatic carbocycles. The van der Waals surface area contributed by atoms with Crippen molar-refractivity contribution in [2.24, 2.45) is 0 Å². The summed E-state index contributed by atoms with van der Waals surface area (Å²) in [6.07, 6.45) is 2.50. The fourth-order valence-electron chi connectivity index (χ4n) is 4.17. The Hall–Kier alpha value is -2.74. The lowest BCUT2D eigenvalue weighted by Gasteiger charge is -2.18. The van der Waals surface area contributed by atoms with Gasteiger partial charge in [-0.15, -0.1) is 0 Å². The topological polar surface area (TPSA) is 30.0 Å². The van der Waals surface area contributed by atoms with Crippen molar-refractivity contribution in [2.75, 3.05) is 0 Å². The summed E-state index contributed by atoms with van der Waals surface area (Å²) in [5.74, 6) is 0.174. The SMILES string of the molecule is Cc1cc(C)c(-c2ccccc2-c2ccc3c(n2)C(=O)CCC3)c(C)c1. The number of rotatable bonds is 2. The molecular weight excluding hydrogens is 318 g/mol. The molecule has 0 radical (unpaired) electrons. The summed E-state index contributed by atoms with van der Waals surface area (Å²) in [7, 11) is 0. The molecule has 1 heterocycles. The number of Topliss-reactive ketones (excluding diaryl/α,β-unsaturated/α-hetero) is 1. The highest BCUT2D eigenvalue weighted by atomic mass is 16.1. The van der Waals surface area contributed by atoms with Crippen LogP contribution >= 0.6 is 0 Å². The number of hydrogen-bond acceptors (Lipinski definition) is 2. The van der Waals surface area contributed by atoms with Gasteiger partial charge in [0.05, 0.1) is 5.69 Å². The van der Waals surface area contributed by atoms with Gasteiger partial charge in [0.1, 0.15) is 5.69 Å². The molecule has 2 nitrogen and oxygen atoms in total. The number of ketones is 1. The minimum Gasteiger partial charge on any atom is -0.292 e. The Morgan fingerprint density at radius 1 is 0.846 bits per heavy atom. The summed E-state index contributed by atoms with van der Waals surface area (Å²) in [6.45, 7) is 6.46. The van der Waals surface area contributed by atoms with E-state index in [-0.39, 0.29) is 5.78 Å². The van der Waals surface area contributed by atoms with Crippen LogP contribution in [0.1, 0.15) is 45.6 Å². The Bertz CT molecular complexity index is 993. The summed E-state index contributed by atoms with van der Waals surface area (Å²) in [5.41, 5.74) is 9.98. The van der Waals surface area contributed by atoms with E-state index in [1.807, 2.05) is 6.07 Å². The van der Waals surface area contributed by atoms with Gasteiger partial charge in [0.15, 0.2) is 5.78 Å². The molecule has 1 aliphatic rings. The van der Waals surface area contributed by atoms with Crippen LogP contribution in [0.2, 0.25) is 0 Å². The molecule has 0 unspecified atom stereocenters. The zero-order valence-corrected chi connectivity index (χ0v) is 15.6. The van der Waals surface area contributed by atoms with Gasteiger partial charge in [0.25, 0.3) is 0 Å². The molecule has 0 saturated heterocycles. The van der Waals surface area contributed by atoms with Crippen LogP contribution in [0.15, 0.2) is 48.5 Å². The standard InChI is InChI=1S/C24H23NO/c1-15-13-16(2)23(17(3)14-15)20-9-5-4-8-19(20)21-12-11-18-7-6-10-22(26)24(18)25-21/h4-5,8-9,11-14H,6-7,10H2,1-3H3. The first-order valence-electron chi connectivity index (χ1n) is 9.25. The second-order valence-electron chi connectivity index (χ2n) is 7.30. The lowest BCUT2D eigenvalue weighted by atomic mass is 9.89. The molecule has 0 aliphatic heterocycles. The first-order chi connectivity index (χ1) is 12.5. The Labute approximate surface area is 154 Å². The van der Waals surface area contributed by atoms with Crippen LogP contribution in [0.5, 0.6) is 0 Å². The summed E-state index contributed by atoms with van der Waals surface area (Å²) in [6, 6.07) is 17.0. The fraction of sp³-hybridized carbons (Fsp3) is 0.250. The molecule has 0 amide bonds. The number of benzene rings is 2. The average Bonchev–Trinajstić information content (AvgIpc) is 2.61. The van der Waals surface area contributed by atoms with E-state index in [0.29, 0.717) is 12.1 Å². The van der Waals surface area contributed by atoms with Crippen LogP contribution in [0.25, 0.3) is 22.4 Å². The van der Waals surface area contributed by atoms with Gasteiger partial charge in [-0.1, -0.05) is 48.0 Å². The molecule has 1 aliphatic carbocycles. The number of hydrogen-bond donors (Lipinski definition) is 0. The largest absolute Gasteiger partial charge is 0.292 e. The molecule has 26 heavy (non-hydrogen) atoms. The highest BCUT2D eigenvalue weighted by Gasteiger charge is 2.20. The number of fused-ring (bicyclic) bond motifs is 1. The molecule has 0 bridgehead atoms. The van der Waals surface area contributed by atoms with Crippen molar-refractivity contribution in [3.05, 3.63) is 76.5 Å². The Morgan fingerprint density at radius 3 is 2.27 bits per heavy atom. The summed E-state index contributed by atoms with van der Waals surface area (Å²) in [5, 5.41) is 0. The van der Waals surface area contributed by atoms with Gasteiger partial charge >= 0.3 is 0 Å². The van der Waals surface area contributed by atoms with E-state index in [2.05, 4.69) is 63.2 Å². The zero-order chi connectivity index (χ0) is 18.3. The average molecular weight is 341 g/mol. The predicted octanol–water partition coefficient (Wildman–Crippen LogP) is 5.86. The molecule has 0 atom stereocenters. The number of nitrogens with zero attached hydrogens (tertiary/aromatic N) is 1. The van der Waals surface area contributed by atoms with Crippen LogP contribution in [-0.4, -0.2) is 10.8 Å². The van der Waals surface area contributed by atoms with E-state index in [1.165, 1.54) is 27.8 Å². The maximum absolute atomic E-state index is 12.3. The minimum absolute atomic E-state index is 0.174. The predicted molar refractivity (Wildman–Crippen MR) is 107 cm³/mol. The first kappa shape index (κ1) is 16.7. The molecular formula is C24H23NO. The molecule has 130 valence electrons. The maximum atomic E-state index is 12.3. The summed E-state index contributed by atoms with van der Waals surface area (Å²) in [4.78, 5) is 17.1. The maximum Gasteiger partial charge on any atom is 0.181 e. The molecule has 2 heteroatoms. The second kappa shape index (κ2) is 6.53. The molecule has 0 saturated carbocycles. The first-order valence-corrected chi connectivity index (χ1v) is 9.25. The van der Waals surface area contributed by atoms with Crippen LogP contribution in [0, 0.1) is 20.8 Å². The zero-order valence-electron chi connectivity index (χ0n) is 15.6. The number of carbonyl (C=O) groups is 1. The van der Waals surface area contributed by atoms with E-state index >= 15 is 0 Å². The third kappa shape index (κ3) is 2.86. The van der Waals surface area contributed by atoms with Crippen molar-refractivity contribution in [3.63, 3.8) is 0 Å². The Balaban J connectivity index is 1.91. The number of aromatic nitrogens is 1. The van der Waals surface area contributed by atoms with Crippen molar-refractivity contribution in [1.82, 2.24) is 4.98 Å². The summed E-state index contributed by atoms with van der Waals surface area (Å²) >= 11 is 0. The van der Waals surface area contributed by atoms with Crippen molar-refractivity contribution < 1.29 is 4.79 Å². The van der Waals surface area contributed by atoms with E-state index in [1.54, 1.807) is 0 Å². The highest BCUT2D eigenvalue weighted by molar-refractivity contribution is 5.97. The Kier molecular flexibility index (Phi) is 4.20. The van der Waals surface area contributed by atoms with Gasteiger partial charge < -0.3 is 0 Å². The van der Waals surface area contributed by atoms with Gasteiger partial charge in [-0.25, -0.2) is 4.98 Å². The molecule has 3 aromatic rings. The number of pyridine rings is 1.